The van der Waals surface area contributed by atoms with Gasteiger partial charge in [-0.05, 0) is 18.2 Å². The number of nitrogens with zero attached hydrogens (tertiary/aromatic N) is 4. The second kappa shape index (κ2) is 7.91. The van der Waals surface area contributed by atoms with Crippen molar-refractivity contribution in [3.63, 3.8) is 0 Å². The molecular weight excluding hydrogens is 392 g/mol. The molecule has 1 saturated heterocycles. The molecule has 1 aromatic heterocycles. The Morgan fingerprint density at radius 3 is 2.53 bits per heavy atom. The smallest absolute Gasteiger partial charge is 0.336 e. The fourth-order valence-corrected chi connectivity index (χ4v) is 3.50. The summed E-state index contributed by atoms with van der Waals surface area (Å²) in [7, 11) is 0. The molecule has 0 unspecified atom stereocenters. The van der Waals surface area contributed by atoms with Gasteiger partial charge in [-0.15, -0.1) is 0 Å². The molecule has 0 bridgehead atoms. The van der Waals surface area contributed by atoms with Crippen LogP contribution in [0.4, 0.5) is 5.69 Å². The van der Waals surface area contributed by atoms with E-state index in [4.69, 9.17) is 4.74 Å². The normalized spacial score (nSPS) is 14.1. The number of para-hydroxylation sites is 1. The van der Waals surface area contributed by atoms with Crippen molar-refractivity contribution in [1.29, 1.82) is 0 Å². The van der Waals surface area contributed by atoms with E-state index in [9.17, 15) is 24.5 Å². The number of rotatable bonds is 4. The Labute approximate surface area is 169 Å². The third-order valence-corrected chi connectivity index (χ3v) is 5.01. The molecule has 1 fully saturated rings. The van der Waals surface area contributed by atoms with E-state index in [1.165, 1.54) is 22.8 Å². The molecule has 30 heavy (non-hydrogen) atoms. The number of carbonyl (C=O) groups is 1. The maximum atomic E-state index is 13.3. The van der Waals surface area contributed by atoms with Gasteiger partial charge in [-0.25, -0.2) is 9.36 Å². The van der Waals surface area contributed by atoms with E-state index < -0.39 is 16.2 Å². The van der Waals surface area contributed by atoms with E-state index in [-0.39, 0.29) is 29.2 Å². The van der Waals surface area contributed by atoms with Crippen molar-refractivity contribution in [3.05, 3.63) is 79.5 Å². The van der Waals surface area contributed by atoms with Crippen molar-refractivity contribution in [2.24, 2.45) is 0 Å². The number of benzene rings is 2. The Kier molecular flexibility index (Phi) is 5.15. The molecular formula is C20H18N4O6. The molecule has 0 saturated carbocycles. The highest BCUT2D eigenvalue weighted by atomic mass is 16.6. The van der Waals surface area contributed by atoms with Crippen LogP contribution in [0.15, 0.2) is 58.1 Å². The van der Waals surface area contributed by atoms with E-state index in [0.717, 1.165) is 10.6 Å². The van der Waals surface area contributed by atoms with Crippen LogP contribution in [0, 0.1) is 10.1 Å². The van der Waals surface area contributed by atoms with Crippen LogP contribution in [-0.4, -0.2) is 51.2 Å². The molecule has 2 aromatic carbocycles. The molecule has 1 amide bonds. The molecule has 1 aliphatic heterocycles. The molecule has 10 nitrogen and oxygen atoms in total. The molecule has 0 atom stereocenters. The van der Waals surface area contributed by atoms with Gasteiger partial charge in [0.05, 0.1) is 34.7 Å². The Morgan fingerprint density at radius 2 is 1.80 bits per heavy atom. The van der Waals surface area contributed by atoms with Gasteiger partial charge >= 0.3 is 5.69 Å². The maximum absolute atomic E-state index is 13.3. The largest absolute Gasteiger partial charge is 0.378 e. The van der Waals surface area contributed by atoms with Crippen LogP contribution >= 0.6 is 0 Å². The monoisotopic (exact) mass is 410 g/mol. The second-order valence-corrected chi connectivity index (χ2v) is 6.80. The molecule has 1 aliphatic rings. The van der Waals surface area contributed by atoms with Crippen LogP contribution < -0.4 is 11.2 Å². The van der Waals surface area contributed by atoms with Crippen LogP contribution in [0.2, 0.25) is 0 Å². The van der Waals surface area contributed by atoms with E-state index in [2.05, 4.69) is 0 Å². The minimum Gasteiger partial charge on any atom is -0.378 e. The number of ether oxygens (including phenoxy) is 1. The number of hydrogen-bond acceptors (Lipinski definition) is 6. The molecule has 0 aliphatic carbocycles. The van der Waals surface area contributed by atoms with E-state index in [0.29, 0.717) is 31.8 Å². The van der Waals surface area contributed by atoms with Gasteiger partial charge < -0.3 is 9.64 Å². The number of carbonyl (C=O) groups excluding carboxylic acids is 1. The first-order valence-corrected chi connectivity index (χ1v) is 9.32. The number of aromatic nitrogens is 2. The maximum Gasteiger partial charge on any atom is 0.336 e. The summed E-state index contributed by atoms with van der Waals surface area (Å²) in [5, 5.41) is 11.4. The SMILES string of the molecule is O=C(Cn1c(=O)n(-c2cccc([N+](=O)[O-])c2)c(=O)c2ccccc21)N1CCOCC1. The van der Waals surface area contributed by atoms with Crippen LogP contribution in [-0.2, 0) is 16.1 Å². The topological polar surface area (TPSA) is 117 Å². The number of amides is 1. The lowest BCUT2D eigenvalue weighted by Crippen LogP contribution is -2.45. The summed E-state index contributed by atoms with van der Waals surface area (Å²) in [6, 6.07) is 11.8. The Hall–Kier alpha value is -3.79. The summed E-state index contributed by atoms with van der Waals surface area (Å²) in [6.45, 7) is 1.45. The molecule has 3 aromatic rings. The van der Waals surface area contributed by atoms with E-state index in [1.807, 2.05) is 0 Å². The lowest BCUT2D eigenvalue weighted by molar-refractivity contribution is -0.384. The molecule has 4 rings (SSSR count). The van der Waals surface area contributed by atoms with Crippen molar-refractivity contribution in [2.75, 3.05) is 26.3 Å². The second-order valence-electron chi connectivity index (χ2n) is 6.80. The molecule has 10 heteroatoms. The fourth-order valence-electron chi connectivity index (χ4n) is 3.50. The van der Waals surface area contributed by atoms with Gasteiger partial charge in [0.1, 0.15) is 6.54 Å². The first kappa shape index (κ1) is 19.5. The minimum atomic E-state index is -0.735. The van der Waals surface area contributed by atoms with Gasteiger partial charge in [0.2, 0.25) is 5.91 Å². The van der Waals surface area contributed by atoms with Crippen molar-refractivity contribution in [3.8, 4) is 5.69 Å². The predicted octanol–water partition coefficient (Wildman–Crippen LogP) is 0.919. The van der Waals surface area contributed by atoms with Gasteiger partial charge in [0, 0.05) is 25.2 Å². The van der Waals surface area contributed by atoms with E-state index >= 15 is 0 Å². The third kappa shape index (κ3) is 3.48. The number of nitro groups is 1. The molecule has 0 radical (unpaired) electrons. The summed E-state index contributed by atoms with van der Waals surface area (Å²) in [4.78, 5) is 51.2. The predicted molar refractivity (Wildman–Crippen MR) is 108 cm³/mol. The van der Waals surface area contributed by atoms with Crippen LogP contribution in [0.5, 0.6) is 0 Å². The molecule has 154 valence electrons. The lowest BCUT2D eigenvalue weighted by Gasteiger charge is -2.27. The quantitative estimate of drug-likeness (QED) is 0.466. The number of fused-ring (bicyclic) bond motifs is 1. The molecule has 0 spiro atoms. The zero-order valence-corrected chi connectivity index (χ0v) is 15.9. The zero-order chi connectivity index (χ0) is 21.3. The summed E-state index contributed by atoms with van der Waals surface area (Å²) >= 11 is 0. The third-order valence-electron chi connectivity index (χ3n) is 5.01. The number of hydrogen-bond donors (Lipinski definition) is 0. The fraction of sp³-hybridized carbons (Fsp3) is 0.250. The van der Waals surface area contributed by atoms with Gasteiger partial charge in [-0.3, -0.25) is 24.3 Å². The van der Waals surface area contributed by atoms with Crippen molar-refractivity contribution >= 4 is 22.5 Å². The van der Waals surface area contributed by atoms with Crippen LogP contribution in [0.3, 0.4) is 0 Å². The summed E-state index contributed by atoms with van der Waals surface area (Å²) < 4.78 is 7.35. The summed E-state index contributed by atoms with van der Waals surface area (Å²) in [6.07, 6.45) is 0. The van der Waals surface area contributed by atoms with Gasteiger partial charge in [-0.1, -0.05) is 18.2 Å². The average Bonchev–Trinajstić information content (AvgIpc) is 2.77. The van der Waals surface area contributed by atoms with Crippen molar-refractivity contribution in [2.45, 2.75) is 6.54 Å². The standard InChI is InChI=1S/C20H18N4O6/c25-18(21-8-10-30-11-9-21)13-22-17-7-2-1-6-16(17)19(26)23(20(22)27)14-4-3-5-15(12-14)24(28)29/h1-7,12H,8-11,13H2. The van der Waals surface area contributed by atoms with Crippen molar-refractivity contribution < 1.29 is 14.5 Å². The van der Waals surface area contributed by atoms with Gasteiger partial charge in [0.15, 0.2) is 0 Å². The minimum absolute atomic E-state index is 0.0672. The molecule has 0 N–H and O–H groups in total. The average molecular weight is 410 g/mol. The van der Waals surface area contributed by atoms with E-state index in [1.54, 1.807) is 29.2 Å². The Morgan fingerprint density at radius 1 is 1.07 bits per heavy atom. The highest BCUT2D eigenvalue weighted by Gasteiger charge is 2.21. The first-order chi connectivity index (χ1) is 14.5. The zero-order valence-electron chi connectivity index (χ0n) is 15.9. The molecule has 2 heterocycles. The number of non-ortho nitro benzene ring substituents is 1. The van der Waals surface area contributed by atoms with Crippen LogP contribution in [0.25, 0.3) is 16.6 Å². The number of nitro benzene ring substituents is 1. The Bertz CT molecular complexity index is 1260. The summed E-state index contributed by atoms with van der Waals surface area (Å²) in [5.41, 5.74) is -1.19. The van der Waals surface area contributed by atoms with Gasteiger partial charge in [-0.2, -0.15) is 0 Å². The number of morpholine rings is 1. The van der Waals surface area contributed by atoms with Gasteiger partial charge in [0.25, 0.3) is 11.2 Å². The lowest BCUT2D eigenvalue weighted by atomic mass is 10.2. The van der Waals surface area contributed by atoms with Crippen LogP contribution in [0.1, 0.15) is 0 Å². The summed E-state index contributed by atoms with van der Waals surface area (Å²) in [5.74, 6) is -0.269. The highest BCUT2D eigenvalue weighted by molar-refractivity contribution is 5.82. The van der Waals surface area contributed by atoms with Crippen molar-refractivity contribution in [1.82, 2.24) is 14.0 Å². The first-order valence-electron chi connectivity index (χ1n) is 9.32. The Balaban J connectivity index is 1.89. The highest BCUT2D eigenvalue weighted by Crippen LogP contribution is 2.16.